The van der Waals surface area contributed by atoms with Gasteiger partial charge in [-0.05, 0) is 44.4 Å². The van der Waals surface area contributed by atoms with Gasteiger partial charge < -0.3 is 19.8 Å². The smallest absolute Gasteiger partial charge is 0.224 e. The minimum atomic E-state index is -0.446. The van der Waals surface area contributed by atoms with Crippen molar-refractivity contribution in [2.24, 2.45) is 5.73 Å². The largest absolute Gasteiger partial charge is 0.347 e. The molecule has 2 N–H and O–H groups in total. The number of ether oxygens (including phenoxy) is 2. The van der Waals surface area contributed by atoms with Crippen molar-refractivity contribution < 1.29 is 9.47 Å². The third-order valence-electron chi connectivity index (χ3n) is 4.59. The molecule has 0 saturated heterocycles. The maximum Gasteiger partial charge on any atom is 0.224 e. The first-order chi connectivity index (χ1) is 11.6. The first kappa shape index (κ1) is 17.6. The van der Waals surface area contributed by atoms with Crippen molar-refractivity contribution in [3.05, 3.63) is 23.2 Å². The number of halogens is 1. The molecule has 0 radical (unpaired) electrons. The molecule has 3 rings (SSSR count). The highest BCUT2D eigenvalue weighted by Crippen LogP contribution is 2.33. The number of nitrogens with two attached hydrogens (primary N) is 1. The Bertz CT molecular complexity index is 691. The van der Waals surface area contributed by atoms with E-state index < -0.39 is 6.29 Å². The van der Waals surface area contributed by atoms with Crippen molar-refractivity contribution in [1.29, 1.82) is 0 Å². The number of nitrogens with zero attached hydrogens (tertiary/aromatic N) is 3. The highest BCUT2D eigenvalue weighted by atomic mass is 35.5. The Balaban J connectivity index is 2.07. The predicted molar refractivity (Wildman–Crippen MR) is 93.9 cm³/mol. The molecule has 7 heteroatoms. The Labute approximate surface area is 147 Å². The van der Waals surface area contributed by atoms with Gasteiger partial charge >= 0.3 is 0 Å². The normalized spacial score (nSPS) is 17.2. The van der Waals surface area contributed by atoms with Crippen molar-refractivity contribution in [1.82, 2.24) is 14.5 Å². The predicted octanol–water partition coefficient (Wildman–Crippen LogP) is 3.43. The van der Waals surface area contributed by atoms with Crippen molar-refractivity contribution in [3.63, 3.8) is 0 Å². The zero-order valence-corrected chi connectivity index (χ0v) is 15.1. The minimum absolute atomic E-state index is 0.221. The molecule has 1 fully saturated rings. The number of hydrogen-bond donors (Lipinski definition) is 1. The molecule has 1 saturated carbocycles. The molecular formula is C17H25ClN4O2. The number of fused-ring (bicyclic) bond motifs is 1. The van der Waals surface area contributed by atoms with E-state index in [1.807, 2.05) is 19.9 Å². The van der Waals surface area contributed by atoms with Crippen LogP contribution in [-0.4, -0.2) is 33.3 Å². The monoisotopic (exact) mass is 352 g/mol. The van der Waals surface area contributed by atoms with Crippen LogP contribution < -0.4 is 5.73 Å². The molecule has 6 nitrogen and oxygen atoms in total. The van der Waals surface area contributed by atoms with Crippen LogP contribution in [0.5, 0.6) is 0 Å². The molecule has 2 aromatic heterocycles. The van der Waals surface area contributed by atoms with E-state index in [0.717, 1.165) is 29.6 Å². The number of hydrogen-bond acceptors (Lipinski definition) is 5. The Kier molecular flexibility index (Phi) is 5.39. The molecule has 0 atom stereocenters. The lowest BCUT2D eigenvalue weighted by Gasteiger charge is -2.27. The molecule has 2 aromatic rings. The molecule has 24 heavy (non-hydrogen) atoms. The van der Waals surface area contributed by atoms with Gasteiger partial charge in [-0.2, -0.15) is 4.98 Å². The summed E-state index contributed by atoms with van der Waals surface area (Å²) in [5, 5.41) is 1.15. The van der Waals surface area contributed by atoms with Gasteiger partial charge in [0.15, 0.2) is 6.29 Å². The van der Waals surface area contributed by atoms with Gasteiger partial charge in [-0.25, -0.2) is 4.98 Å². The van der Waals surface area contributed by atoms with E-state index >= 15 is 0 Å². The van der Waals surface area contributed by atoms with Gasteiger partial charge in [0.1, 0.15) is 5.65 Å². The van der Waals surface area contributed by atoms with Gasteiger partial charge in [-0.3, -0.25) is 0 Å². The molecule has 0 bridgehead atoms. The third kappa shape index (κ3) is 3.57. The molecule has 0 aromatic carbocycles. The summed E-state index contributed by atoms with van der Waals surface area (Å²) in [5.74, 6) is 0. The maximum absolute atomic E-state index is 6.62. The summed E-state index contributed by atoms with van der Waals surface area (Å²) in [4.78, 5) is 8.51. The quantitative estimate of drug-likeness (QED) is 0.610. The first-order valence-corrected chi connectivity index (χ1v) is 8.98. The van der Waals surface area contributed by atoms with Gasteiger partial charge in [0.25, 0.3) is 0 Å². The van der Waals surface area contributed by atoms with E-state index in [1.165, 1.54) is 12.8 Å². The average molecular weight is 353 g/mol. The SMILES string of the molecule is CCOC(OCC)c1cc2cnc(Cl)nc2n1CC1(N)CCCC1. The standard InChI is InChI=1S/C17H25ClN4O2/c1-3-23-15(24-4-2)13-9-12-10-20-16(18)21-14(12)22(13)11-17(19)7-5-6-8-17/h9-10,15H,3-8,11,19H2,1-2H3. The van der Waals surface area contributed by atoms with Crippen LogP contribution >= 0.6 is 11.6 Å². The summed E-state index contributed by atoms with van der Waals surface area (Å²) in [7, 11) is 0. The molecule has 1 aliphatic rings. The van der Waals surface area contributed by atoms with E-state index in [4.69, 9.17) is 26.8 Å². The van der Waals surface area contributed by atoms with Crippen LogP contribution in [0.4, 0.5) is 0 Å². The molecule has 1 aliphatic carbocycles. The molecule has 0 amide bonds. The van der Waals surface area contributed by atoms with Crippen LogP contribution in [-0.2, 0) is 16.0 Å². The molecule has 0 unspecified atom stereocenters. The summed E-state index contributed by atoms with van der Waals surface area (Å²) in [6, 6.07) is 2.01. The summed E-state index contributed by atoms with van der Waals surface area (Å²) in [6.45, 7) is 5.71. The van der Waals surface area contributed by atoms with Crippen LogP contribution in [0.1, 0.15) is 51.5 Å². The summed E-state index contributed by atoms with van der Waals surface area (Å²) >= 11 is 6.02. The van der Waals surface area contributed by atoms with Gasteiger partial charge in [0.05, 0.1) is 5.69 Å². The second-order valence-corrected chi connectivity index (χ2v) is 6.72. The summed E-state index contributed by atoms with van der Waals surface area (Å²) in [5.41, 5.74) is 8.10. The summed E-state index contributed by atoms with van der Waals surface area (Å²) in [6.07, 6.45) is 5.65. The number of rotatable bonds is 7. The first-order valence-electron chi connectivity index (χ1n) is 8.60. The van der Waals surface area contributed by atoms with E-state index in [0.29, 0.717) is 19.8 Å². The Morgan fingerprint density at radius 1 is 1.29 bits per heavy atom. The van der Waals surface area contributed by atoms with Crippen molar-refractivity contribution in [2.75, 3.05) is 13.2 Å². The second-order valence-electron chi connectivity index (χ2n) is 6.39. The van der Waals surface area contributed by atoms with Gasteiger partial charge in [0.2, 0.25) is 5.28 Å². The Morgan fingerprint density at radius 2 is 1.96 bits per heavy atom. The lowest BCUT2D eigenvalue weighted by molar-refractivity contribution is -0.144. The molecule has 2 heterocycles. The highest BCUT2D eigenvalue weighted by Gasteiger charge is 2.32. The van der Waals surface area contributed by atoms with Crippen molar-refractivity contribution in [3.8, 4) is 0 Å². The van der Waals surface area contributed by atoms with Gasteiger partial charge in [0, 0.05) is 36.9 Å². The molecular weight excluding hydrogens is 328 g/mol. The second kappa shape index (κ2) is 7.35. The van der Waals surface area contributed by atoms with E-state index in [-0.39, 0.29) is 10.8 Å². The minimum Gasteiger partial charge on any atom is -0.347 e. The fraction of sp³-hybridized carbons (Fsp3) is 0.647. The van der Waals surface area contributed by atoms with Crippen LogP contribution in [0.2, 0.25) is 5.28 Å². The molecule has 132 valence electrons. The third-order valence-corrected chi connectivity index (χ3v) is 4.77. The van der Waals surface area contributed by atoms with E-state index in [9.17, 15) is 0 Å². The fourth-order valence-corrected chi connectivity index (χ4v) is 3.60. The van der Waals surface area contributed by atoms with Crippen LogP contribution in [0.25, 0.3) is 11.0 Å². The average Bonchev–Trinajstić information content (AvgIpc) is 3.12. The lowest BCUT2D eigenvalue weighted by atomic mass is 9.99. The van der Waals surface area contributed by atoms with Gasteiger partial charge in [-0.15, -0.1) is 0 Å². The van der Waals surface area contributed by atoms with Gasteiger partial charge in [-0.1, -0.05) is 12.8 Å². The number of aromatic nitrogens is 3. The summed E-state index contributed by atoms with van der Waals surface area (Å²) < 4.78 is 13.7. The highest BCUT2D eigenvalue weighted by molar-refractivity contribution is 6.28. The fourth-order valence-electron chi connectivity index (χ4n) is 3.47. The van der Waals surface area contributed by atoms with Crippen molar-refractivity contribution in [2.45, 2.75) is 57.9 Å². The Morgan fingerprint density at radius 3 is 2.58 bits per heavy atom. The topological polar surface area (TPSA) is 75.2 Å². The van der Waals surface area contributed by atoms with E-state index in [2.05, 4.69) is 14.5 Å². The zero-order chi connectivity index (χ0) is 17.2. The molecule has 0 spiro atoms. The van der Waals surface area contributed by atoms with Crippen LogP contribution in [0.15, 0.2) is 12.3 Å². The van der Waals surface area contributed by atoms with Crippen LogP contribution in [0.3, 0.4) is 0 Å². The Hall–Kier alpha value is -1.21. The lowest BCUT2D eigenvalue weighted by Crippen LogP contribution is -2.41. The van der Waals surface area contributed by atoms with E-state index in [1.54, 1.807) is 6.20 Å². The maximum atomic E-state index is 6.62. The molecule has 0 aliphatic heterocycles. The van der Waals surface area contributed by atoms with Crippen LogP contribution in [0, 0.1) is 0 Å². The zero-order valence-electron chi connectivity index (χ0n) is 14.3. The van der Waals surface area contributed by atoms with Crippen molar-refractivity contribution >= 4 is 22.6 Å².